The third-order valence-electron chi connectivity index (χ3n) is 2.93. The van der Waals surface area contributed by atoms with Crippen LogP contribution >= 0.6 is 7.82 Å². The molecule has 2 aromatic rings. The average Bonchev–Trinajstić information content (AvgIpc) is 2.78. The van der Waals surface area contributed by atoms with Crippen molar-refractivity contribution in [3.8, 4) is 11.5 Å². The Morgan fingerprint density at radius 3 is 1.10 bits per heavy atom. The van der Waals surface area contributed by atoms with Crippen LogP contribution in [0.4, 0.5) is 0 Å². The van der Waals surface area contributed by atoms with Gasteiger partial charge < -0.3 is 37.5 Å². The number of phosphoric ester groups is 1. The molecule has 0 aromatic heterocycles. The van der Waals surface area contributed by atoms with Crippen LogP contribution in [0.5, 0.6) is 11.5 Å². The average molecular weight is 430 g/mol. The molecule has 0 radical (unpaired) electrons. The molecular weight excluding hydrogens is 407 g/mol. The highest BCUT2D eigenvalue weighted by Gasteiger charge is 2.24. The van der Waals surface area contributed by atoms with Crippen LogP contribution in [0.1, 0.15) is 0 Å². The summed E-state index contributed by atoms with van der Waals surface area (Å²) in [4.78, 5) is 9.53. The summed E-state index contributed by atoms with van der Waals surface area (Å²) in [6.07, 6.45) is 0. The maximum Gasteiger partial charge on any atom is 0.584 e. The summed E-state index contributed by atoms with van der Waals surface area (Å²) in [6, 6.07) is 16.7. The Hall–Kier alpha value is -2.01. The normalized spacial score (nSPS) is 16.3. The van der Waals surface area contributed by atoms with Crippen molar-refractivity contribution < 1.29 is 46.9 Å². The van der Waals surface area contributed by atoms with E-state index in [9.17, 15) is 9.46 Å². The minimum absolute atomic E-state index is 0.286. The molecule has 10 nitrogen and oxygen atoms in total. The summed E-state index contributed by atoms with van der Waals surface area (Å²) in [5.41, 5.74) is 0. The number of hydrogen-bond donors (Lipinski definition) is 1. The van der Waals surface area contributed by atoms with E-state index in [2.05, 4.69) is 28.4 Å². The second-order valence-corrected chi connectivity index (χ2v) is 6.51. The number of rotatable bonds is 4. The molecule has 2 fully saturated rings. The van der Waals surface area contributed by atoms with Crippen molar-refractivity contribution in [2.24, 2.45) is 0 Å². The van der Waals surface area contributed by atoms with Gasteiger partial charge in [0.05, 0.1) is 0 Å². The van der Waals surface area contributed by atoms with Gasteiger partial charge >= 0.3 is 7.82 Å². The zero-order valence-corrected chi connectivity index (χ0v) is 16.5. The maximum atomic E-state index is 11.7. The van der Waals surface area contributed by atoms with Crippen molar-refractivity contribution >= 4 is 7.82 Å². The number of phosphoric acid groups is 1. The molecule has 2 aliphatic rings. The van der Waals surface area contributed by atoms with Crippen molar-refractivity contribution in [3.05, 3.63) is 60.7 Å². The van der Waals surface area contributed by atoms with Crippen LogP contribution in [0.2, 0.25) is 0 Å². The highest BCUT2D eigenvalue weighted by Crippen LogP contribution is 2.44. The summed E-state index contributed by atoms with van der Waals surface area (Å²) in [5.74, 6) is 0.573. The molecule has 2 saturated heterocycles. The van der Waals surface area contributed by atoms with Gasteiger partial charge in [-0.25, -0.2) is 4.57 Å². The van der Waals surface area contributed by atoms with Crippen LogP contribution < -0.4 is 9.05 Å². The molecule has 160 valence electrons. The van der Waals surface area contributed by atoms with Gasteiger partial charge in [-0.3, -0.25) is 4.89 Å². The molecule has 2 aromatic carbocycles. The van der Waals surface area contributed by atoms with Gasteiger partial charge in [-0.2, -0.15) is 0 Å². The summed E-state index contributed by atoms with van der Waals surface area (Å²) in [5, 5.41) is 0. The van der Waals surface area contributed by atoms with Crippen molar-refractivity contribution in [3.63, 3.8) is 0 Å². The van der Waals surface area contributed by atoms with Gasteiger partial charge in [0.25, 0.3) is 0 Å². The zero-order chi connectivity index (χ0) is 20.6. The predicted octanol–water partition coefficient (Wildman–Crippen LogP) is 3.09. The fourth-order valence-corrected chi connectivity index (χ4v) is 2.62. The number of hydrogen-bond acceptors (Lipinski definition) is 9. The predicted molar refractivity (Wildman–Crippen MR) is 99.7 cm³/mol. The Labute approximate surface area is 168 Å². The molecular formula is C18H23O10P. The molecule has 4 rings (SSSR count). The van der Waals surface area contributed by atoms with Gasteiger partial charge in [0.15, 0.2) is 40.8 Å². The number of benzene rings is 2. The molecule has 0 saturated carbocycles. The van der Waals surface area contributed by atoms with E-state index in [0.717, 1.165) is 0 Å². The molecule has 29 heavy (non-hydrogen) atoms. The quantitative estimate of drug-likeness (QED) is 0.727. The Morgan fingerprint density at radius 1 is 0.586 bits per heavy atom. The molecule has 11 heteroatoms. The van der Waals surface area contributed by atoms with Gasteiger partial charge in [0.1, 0.15) is 11.5 Å². The lowest BCUT2D eigenvalue weighted by Gasteiger charge is -2.13. The first kappa shape index (κ1) is 23.3. The minimum Gasteiger partial charge on any atom is -0.395 e. The molecule has 0 amide bonds. The minimum atomic E-state index is -4.14. The third kappa shape index (κ3) is 11.5. The first-order valence-electron chi connectivity index (χ1n) is 8.44. The van der Waals surface area contributed by atoms with Gasteiger partial charge in [-0.1, -0.05) is 36.4 Å². The highest BCUT2D eigenvalue weighted by molar-refractivity contribution is 7.48. The SMILES string of the molecule is C1OCOCO1.C1OCOCO1.O=P(O)(Oc1ccccc1)Oc1ccccc1. The van der Waals surface area contributed by atoms with Crippen LogP contribution in [-0.2, 0) is 33.0 Å². The number of ether oxygens (including phenoxy) is 6. The molecule has 2 heterocycles. The molecule has 0 aliphatic carbocycles. The Kier molecular flexibility index (Phi) is 11.3. The molecule has 2 aliphatic heterocycles. The van der Waals surface area contributed by atoms with E-state index in [-0.39, 0.29) is 11.5 Å². The van der Waals surface area contributed by atoms with Crippen molar-refractivity contribution in [1.29, 1.82) is 0 Å². The largest absolute Gasteiger partial charge is 0.584 e. The summed E-state index contributed by atoms with van der Waals surface area (Å²) in [6.45, 7) is 2.25. The number of para-hydroxylation sites is 2. The molecule has 0 bridgehead atoms. The monoisotopic (exact) mass is 430 g/mol. The van der Waals surface area contributed by atoms with Crippen molar-refractivity contribution in [1.82, 2.24) is 0 Å². The molecule has 0 atom stereocenters. The fraction of sp³-hybridized carbons (Fsp3) is 0.333. The summed E-state index contributed by atoms with van der Waals surface area (Å²) < 4.78 is 49.2. The lowest BCUT2D eigenvalue weighted by molar-refractivity contribution is -0.247. The van der Waals surface area contributed by atoms with E-state index < -0.39 is 7.82 Å². The standard InChI is InChI=1S/C12H11O4P.2C3H6O3/c13-17(14,15-11-7-3-1-4-8-11)16-12-9-5-2-6-10-12;2*1-4-2-6-3-5-1/h1-10H,(H,13,14);2*1-3H2. The smallest absolute Gasteiger partial charge is 0.395 e. The topological polar surface area (TPSA) is 111 Å². The molecule has 0 unspecified atom stereocenters. The lowest BCUT2D eigenvalue weighted by atomic mass is 10.3. The van der Waals surface area contributed by atoms with Crippen molar-refractivity contribution in [2.45, 2.75) is 0 Å². The van der Waals surface area contributed by atoms with Crippen LogP contribution in [0.15, 0.2) is 60.7 Å². The zero-order valence-electron chi connectivity index (χ0n) is 15.6. The van der Waals surface area contributed by atoms with Crippen LogP contribution in [-0.4, -0.2) is 45.7 Å². The van der Waals surface area contributed by atoms with Gasteiger partial charge in [0, 0.05) is 0 Å². The Balaban J connectivity index is 0.000000202. The van der Waals surface area contributed by atoms with Crippen LogP contribution in [0, 0.1) is 0 Å². The summed E-state index contributed by atoms with van der Waals surface area (Å²) >= 11 is 0. The fourth-order valence-electron chi connectivity index (χ4n) is 1.81. The molecule has 1 N–H and O–H groups in total. The molecule has 0 spiro atoms. The van der Waals surface area contributed by atoms with E-state index in [1.165, 1.54) is 0 Å². The first-order chi connectivity index (χ1) is 14.2. The van der Waals surface area contributed by atoms with Crippen LogP contribution in [0.25, 0.3) is 0 Å². The summed E-state index contributed by atoms with van der Waals surface area (Å²) in [7, 11) is -4.14. The van der Waals surface area contributed by atoms with Crippen LogP contribution in [0.3, 0.4) is 0 Å². The Morgan fingerprint density at radius 2 is 0.862 bits per heavy atom. The van der Waals surface area contributed by atoms with E-state index >= 15 is 0 Å². The van der Waals surface area contributed by atoms with E-state index in [1.807, 2.05) is 0 Å². The lowest BCUT2D eigenvalue weighted by Crippen LogP contribution is -2.14. The van der Waals surface area contributed by atoms with Gasteiger partial charge in [-0.15, -0.1) is 0 Å². The second kappa shape index (κ2) is 14.0. The van der Waals surface area contributed by atoms with Gasteiger partial charge in [-0.05, 0) is 24.3 Å². The second-order valence-electron chi connectivity index (χ2n) is 5.21. The maximum absolute atomic E-state index is 11.7. The van der Waals surface area contributed by atoms with Crippen molar-refractivity contribution in [2.75, 3.05) is 40.8 Å². The third-order valence-corrected chi connectivity index (χ3v) is 3.81. The highest BCUT2D eigenvalue weighted by atomic mass is 31.2. The van der Waals surface area contributed by atoms with Gasteiger partial charge in [0.2, 0.25) is 0 Å². The Bertz CT molecular complexity index is 612. The van der Waals surface area contributed by atoms with E-state index in [0.29, 0.717) is 40.8 Å². The first-order valence-corrected chi connectivity index (χ1v) is 9.94. The van der Waals surface area contributed by atoms with E-state index in [1.54, 1.807) is 60.7 Å². The van der Waals surface area contributed by atoms with E-state index in [4.69, 9.17) is 9.05 Å².